The van der Waals surface area contributed by atoms with Gasteiger partial charge in [-0.15, -0.1) is 0 Å². The van der Waals surface area contributed by atoms with E-state index in [0.717, 1.165) is 23.0 Å². The van der Waals surface area contributed by atoms with Crippen molar-refractivity contribution in [1.82, 2.24) is 9.97 Å². The Labute approximate surface area is 189 Å². The van der Waals surface area contributed by atoms with E-state index < -0.39 is 11.7 Å². The van der Waals surface area contributed by atoms with Crippen LogP contribution in [-0.4, -0.2) is 29.2 Å². The standard InChI is InChI=1S/C23H21ClF3N5/c1-3-16(5-4-15(2)23(25,26)27)12-29-22-19-13-32(9-8-20(19)30-14-31-22)21-7-6-18(24)10-17(21)11-28/h3-7,10,14H,2,8-9,12-13H2,1H3,(H,29,30,31)/b5-4-,16-3+. The van der Waals surface area contributed by atoms with E-state index in [1.165, 1.54) is 12.4 Å². The van der Waals surface area contributed by atoms with Crippen LogP contribution in [-0.2, 0) is 13.0 Å². The Morgan fingerprint density at radius 2 is 2.12 bits per heavy atom. The van der Waals surface area contributed by atoms with E-state index >= 15 is 0 Å². The molecular weight excluding hydrogens is 439 g/mol. The zero-order valence-corrected chi connectivity index (χ0v) is 18.1. The van der Waals surface area contributed by atoms with Crippen molar-refractivity contribution in [2.24, 2.45) is 0 Å². The number of aromatic nitrogens is 2. The number of rotatable bonds is 6. The van der Waals surface area contributed by atoms with Crippen LogP contribution in [0.3, 0.4) is 0 Å². The van der Waals surface area contributed by atoms with Crippen LogP contribution < -0.4 is 10.2 Å². The highest BCUT2D eigenvalue weighted by Gasteiger charge is 2.29. The van der Waals surface area contributed by atoms with Crippen LogP contribution in [0.4, 0.5) is 24.7 Å². The van der Waals surface area contributed by atoms with E-state index in [0.29, 0.717) is 41.5 Å². The molecule has 2 heterocycles. The maximum atomic E-state index is 12.7. The molecule has 5 nitrogen and oxygen atoms in total. The minimum Gasteiger partial charge on any atom is -0.366 e. The number of halogens is 4. The lowest BCUT2D eigenvalue weighted by molar-refractivity contribution is -0.0878. The topological polar surface area (TPSA) is 64.8 Å². The Bertz CT molecular complexity index is 1120. The van der Waals surface area contributed by atoms with Gasteiger partial charge in [0.15, 0.2) is 0 Å². The van der Waals surface area contributed by atoms with Gasteiger partial charge >= 0.3 is 6.18 Å². The van der Waals surface area contributed by atoms with Crippen LogP contribution in [0.2, 0.25) is 5.02 Å². The summed E-state index contributed by atoms with van der Waals surface area (Å²) >= 11 is 6.02. The minimum atomic E-state index is -4.46. The van der Waals surface area contributed by atoms with Crippen molar-refractivity contribution in [3.8, 4) is 6.07 Å². The summed E-state index contributed by atoms with van der Waals surface area (Å²) in [6.07, 6.45) is 1.74. The van der Waals surface area contributed by atoms with Gasteiger partial charge in [0, 0.05) is 42.2 Å². The van der Waals surface area contributed by atoms with E-state index in [1.54, 1.807) is 25.1 Å². The number of nitrogens with zero attached hydrogens (tertiary/aromatic N) is 4. The van der Waals surface area contributed by atoms with Crippen LogP contribution in [0.1, 0.15) is 23.7 Å². The molecular formula is C23H21ClF3N5. The van der Waals surface area contributed by atoms with Gasteiger partial charge in [-0.05, 0) is 30.7 Å². The lowest BCUT2D eigenvalue weighted by atomic mass is 10.0. The maximum Gasteiger partial charge on any atom is 0.415 e. The SMILES string of the molecule is C=C(/C=C\C(=C/C)CNc1ncnc2c1CN(c1ccc(Cl)cc1C#N)CC2)C(F)(F)F. The van der Waals surface area contributed by atoms with Gasteiger partial charge in [0.05, 0.1) is 16.9 Å². The Kier molecular flexibility index (Phi) is 7.21. The van der Waals surface area contributed by atoms with Crippen LogP contribution in [0.5, 0.6) is 0 Å². The second kappa shape index (κ2) is 9.88. The summed E-state index contributed by atoms with van der Waals surface area (Å²) in [5.74, 6) is 0.606. The van der Waals surface area contributed by atoms with E-state index in [1.807, 2.05) is 6.07 Å². The quantitative estimate of drug-likeness (QED) is 0.570. The third-order valence-corrected chi connectivity index (χ3v) is 5.35. The van der Waals surface area contributed by atoms with Gasteiger partial charge in [-0.1, -0.05) is 36.4 Å². The molecule has 166 valence electrons. The molecule has 2 aromatic rings. The first-order chi connectivity index (χ1) is 15.2. The number of fused-ring (bicyclic) bond motifs is 1. The average molecular weight is 460 g/mol. The maximum absolute atomic E-state index is 12.7. The summed E-state index contributed by atoms with van der Waals surface area (Å²) in [7, 11) is 0. The third-order valence-electron chi connectivity index (χ3n) is 5.12. The number of hydrogen-bond acceptors (Lipinski definition) is 5. The van der Waals surface area contributed by atoms with Crippen molar-refractivity contribution in [3.63, 3.8) is 0 Å². The number of alkyl halides is 3. The smallest absolute Gasteiger partial charge is 0.366 e. The van der Waals surface area contributed by atoms with Gasteiger partial charge < -0.3 is 10.2 Å². The van der Waals surface area contributed by atoms with Crippen molar-refractivity contribution in [3.05, 3.63) is 82.3 Å². The summed E-state index contributed by atoms with van der Waals surface area (Å²) in [4.78, 5) is 10.8. The summed E-state index contributed by atoms with van der Waals surface area (Å²) in [5.41, 5.74) is 2.78. The first kappa shape index (κ1) is 23.4. The molecule has 9 heteroatoms. The fraction of sp³-hybridized carbons (Fsp3) is 0.261. The predicted octanol–water partition coefficient (Wildman–Crippen LogP) is 5.60. The summed E-state index contributed by atoms with van der Waals surface area (Å²) in [5, 5.41) is 13.2. The zero-order valence-electron chi connectivity index (χ0n) is 17.4. The highest BCUT2D eigenvalue weighted by Crippen LogP contribution is 2.31. The molecule has 1 aliphatic heterocycles. The summed E-state index contributed by atoms with van der Waals surface area (Å²) < 4.78 is 38.0. The molecule has 32 heavy (non-hydrogen) atoms. The Morgan fingerprint density at radius 3 is 2.81 bits per heavy atom. The highest BCUT2D eigenvalue weighted by molar-refractivity contribution is 6.30. The average Bonchev–Trinajstić information content (AvgIpc) is 2.77. The van der Waals surface area contributed by atoms with E-state index in [-0.39, 0.29) is 6.54 Å². The molecule has 0 saturated carbocycles. The molecule has 0 radical (unpaired) electrons. The molecule has 1 aromatic carbocycles. The fourth-order valence-corrected chi connectivity index (χ4v) is 3.49. The van der Waals surface area contributed by atoms with Crippen LogP contribution in [0.25, 0.3) is 0 Å². The van der Waals surface area contributed by atoms with Crippen molar-refractivity contribution in [1.29, 1.82) is 5.26 Å². The molecule has 0 aliphatic carbocycles. The number of anilines is 2. The van der Waals surface area contributed by atoms with E-state index in [4.69, 9.17) is 11.6 Å². The van der Waals surface area contributed by atoms with Gasteiger partial charge in [-0.25, -0.2) is 9.97 Å². The molecule has 0 amide bonds. The number of hydrogen-bond donors (Lipinski definition) is 1. The molecule has 0 bridgehead atoms. The van der Waals surface area contributed by atoms with Gasteiger partial charge in [-0.2, -0.15) is 18.4 Å². The Morgan fingerprint density at radius 1 is 1.34 bits per heavy atom. The summed E-state index contributed by atoms with van der Waals surface area (Å²) in [6.45, 7) is 6.25. The fourth-order valence-electron chi connectivity index (χ4n) is 3.32. The van der Waals surface area contributed by atoms with Crippen molar-refractivity contribution in [2.45, 2.75) is 26.1 Å². The predicted molar refractivity (Wildman–Crippen MR) is 120 cm³/mol. The minimum absolute atomic E-state index is 0.284. The highest BCUT2D eigenvalue weighted by atomic mass is 35.5. The normalized spacial score (nSPS) is 14.2. The Balaban J connectivity index is 1.77. The Hall–Kier alpha value is -3.31. The van der Waals surface area contributed by atoms with Crippen molar-refractivity contribution >= 4 is 23.1 Å². The van der Waals surface area contributed by atoms with Crippen LogP contribution in [0, 0.1) is 11.3 Å². The molecule has 1 aromatic heterocycles. The van der Waals surface area contributed by atoms with Gasteiger partial charge in [-0.3, -0.25) is 0 Å². The number of allylic oxidation sites excluding steroid dienone is 3. The van der Waals surface area contributed by atoms with Crippen LogP contribution >= 0.6 is 11.6 Å². The summed E-state index contributed by atoms with van der Waals surface area (Å²) in [6, 6.07) is 7.37. The molecule has 0 fully saturated rings. The van der Waals surface area contributed by atoms with Crippen LogP contribution in [0.15, 0.2) is 60.5 Å². The largest absolute Gasteiger partial charge is 0.415 e. The first-order valence-electron chi connectivity index (χ1n) is 9.83. The number of benzene rings is 1. The van der Waals surface area contributed by atoms with E-state index in [2.05, 4.69) is 32.8 Å². The zero-order chi connectivity index (χ0) is 23.3. The third kappa shape index (κ3) is 5.48. The van der Waals surface area contributed by atoms with Crippen molar-refractivity contribution in [2.75, 3.05) is 23.3 Å². The van der Waals surface area contributed by atoms with Gasteiger partial charge in [0.1, 0.15) is 18.2 Å². The second-order valence-corrected chi connectivity index (χ2v) is 7.60. The van der Waals surface area contributed by atoms with Gasteiger partial charge in [0.25, 0.3) is 0 Å². The molecule has 3 rings (SSSR count). The number of nitriles is 1. The molecule has 0 spiro atoms. The van der Waals surface area contributed by atoms with Gasteiger partial charge in [0.2, 0.25) is 0 Å². The monoisotopic (exact) mass is 459 g/mol. The number of nitrogens with one attached hydrogen (secondary N) is 1. The lowest BCUT2D eigenvalue weighted by Crippen LogP contribution is -2.32. The molecule has 1 N–H and O–H groups in total. The molecule has 0 unspecified atom stereocenters. The molecule has 0 atom stereocenters. The molecule has 0 saturated heterocycles. The lowest BCUT2D eigenvalue weighted by Gasteiger charge is -2.31. The van der Waals surface area contributed by atoms with Crippen molar-refractivity contribution < 1.29 is 13.2 Å². The van der Waals surface area contributed by atoms with E-state index in [9.17, 15) is 18.4 Å². The second-order valence-electron chi connectivity index (χ2n) is 7.17. The first-order valence-corrected chi connectivity index (χ1v) is 10.2. The molecule has 1 aliphatic rings.